The summed E-state index contributed by atoms with van der Waals surface area (Å²) in [7, 11) is -1.28. The molecule has 1 saturated heterocycles. The number of methoxy groups -OCH3 is 2. The van der Waals surface area contributed by atoms with Crippen LogP contribution < -0.4 is 24.0 Å². The summed E-state index contributed by atoms with van der Waals surface area (Å²) in [6, 6.07) is 17.9. The molecule has 0 aliphatic carbocycles. The zero-order chi connectivity index (χ0) is 26.4. The number of nitrogens with one attached hydrogen (secondary N) is 1. The molecule has 0 unspecified atom stereocenters. The maximum absolute atomic E-state index is 13.7. The molecule has 0 bridgehead atoms. The van der Waals surface area contributed by atoms with Crippen LogP contribution in [0.25, 0.3) is 0 Å². The van der Waals surface area contributed by atoms with E-state index < -0.39 is 22.5 Å². The van der Waals surface area contributed by atoms with Gasteiger partial charge in [0.25, 0.3) is 10.0 Å². The fourth-order valence-corrected chi connectivity index (χ4v) is 5.50. The molecule has 3 aromatic rings. The van der Waals surface area contributed by atoms with Crippen molar-refractivity contribution in [3.05, 3.63) is 71.8 Å². The molecule has 1 aliphatic rings. The first-order valence-corrected chi connectivity index (χ1v) is 13.4. The van der Waals surface area contributed by atoms with Crippen LogP contribution in [-0.4, -0.2) is 61.4 Å². The van der Waals surface area contributed by atoms with Gasteiger partial charge in [0.2, 0.25) is 5.91 Å². The highest BCUT2D eigenvalue weighted by molar-refractivity contribution is 7.92. The van der Waals surface area contributed by atoms with Crippen molar-refractivity contribution in [3.8, 4) is 11.5 Å². The number of morpholine rings is 1. The van der Waals surface area contributed by atoms with Crippen molar-refractivity contribution in [1.29, 1.82) is 0 Å². The molecule has 1 N–H and O–H groups in total. The summed E-state index contributed by atoms with van der Waals surface area (Å²) >= 11 is 6.01. The average molecular weight is 546 g/mol. The van der Waals surface area contributed by atoms with Gasteiger partial charge in [-0.25, -0.2) is 8.42 Å². The van der Waals surface area contributed by atoms with Crippen molar-refractivity contribution in [2.75, 3.05) is 61.6 Å². The summed E-state index contributed by atoms with van der Waals surface area (Å²) < 4.78 is 44.3. The quantitative estimate of drug-likeness (QED) is 0.433. The summed E-state index contributed by atoms with van der Waals surface area (Å²) in [5, 5.41) is 3.23. The summed E-state index contributed by atoms with van der Waals surface area (Å²) in [6.45, 7) is 2.50. The van der Waals surface area contributed by atoms with Crippen LogP contribution >= 0.6 is 11.6 Å². The minimum absolute atomic E-state index is 0.0530. The van der Waals surface area contributed by atoms with Gasteiger partial charge in [-0.1, -0.05) is 11.6 Å². The first-order chi connectivity index (χ1) is 17.8. The number of rotatable bonds is 9. The molecule has 1 fully saturated rings. The molecule has 3 aromatic carbocycles. The molecule has 4 rings (SSSR count). The molecule has 196 valence electrons. The molecule has 37 heavy (non-hydrogen) atoms. The summed E-state index contributed by atoms with van der Waals surface area (Å²) in [6.07, 6.45) is 0. The number of anilines is 3. The minimum Gasteiger partial charge on any atom is -0.493 e. The van der Waals surface area contributed by atoms with Gasteiger partial charge in [-0.15, -0.1) is 0 Å². The Kier molecular flexibility index (Phi) is 8.42. The van der Waals surface area contributed by atoms with Gasteiger partial charge in [0.15, 0.2) is 11.5 Å². The maximum atomic E-state index is 13.7. The summed E-state index contributed by atoms with van der Waals surface area (Å²) in [4.78, 5) is 15.2. The SMILES string of the molecule is COc1ccc(S(=O)(=O)N(CC(=O)Nc2ccc(N3CCOCC3)cc2)c2ccc(Cl)cc2)cc1OC. The zero-order valence-corrected chi connectivity index (χ0v) is 22.1. The van der Waals surface area contributed by atoms with Gasteiger partial charge in [-0.3, -0.25) is 9.10 Å². The molecule has 0 spiro atoms. The van der Waals surface area contributed by atoms with Gasteiger partial charge in [0, 0.05) is 35.6 Å². The number of sulfonamides is 1. The molecule has 1 aliphatic heterocycles. The zero-order valence-electron chi connectivity index (χ0n) is 20.5. The molecule has 0 saturated carbocycles. The van der Waals surface area contributed by atoms with Crippen LogP contribution in [0.5, 0.6) is 11.5 Å². The van der Waals surface area contributed by atoms with E-state index in [0.29, 0.717) is 29.7 Å². The lowest BCUT2D eigenvalue weighted by Crippen LogP contribution is -2.38. The molecule has 1 heterocycles. The third-order valence-corrected chi connectivity index (χ3v) is 7.89. The molecular formula is C26H28ClN3O6S. The molecule has 11 heteroatoms. The smallest absolute Gasteiger partial charge is 0.264 e. The van der Waals surface area contributed by atoms with Gasteiger partial charge in [0.05, 0.1) is 38.0 Å². The largest absolute Gasteiger partial charge is 0.493 e. The Hall–Kier alpha value is -3.47. The number of ether oxygens (including phenoxy) is 3. The highest BCUT2D eigenvalue weighted by Crippen LogP contribution is 2.32. The van der Waals surface area contributed by atoms with Crippen LogP contribution in [0, 0.1) is 0 Å². The van der Waals surface area contributed by atoms with E-state index in [1.54, 1.807) is 36.4 Å². The Bertz CT molecular complexity index is 1330. The van der Waals surface area contributed by atoms with Crippen molar-refractivity contribution in [3.63, 3.8) is 0 Å². The molecule has 0 aromatic heterocycles. The van der Waals surface area contributed by atoms with E-state index in [0.717, 1.165) is 23.1 Å². The number of halogens is 1. The van der Waals surface area contributed by atoms with E-state index in [1.165, 1.54) is 32.4 Å². The normalized spacial score (nSPS) is 13.6. The van der Waals surface area contributed by atoms with Crippen molar-refractivity contribution in [2.24, 2.45) is 0 Å². The van der Waals surface area contributed by atoms with Crippen molar-refractivity contribution < 1.29 is 27.4 Å². The second kappa shape index (κ2) is 11.7. The van der Waals surface area contributed by atoms with Crippen LogP contribution in [0.2, 0.25) is 5.02 Å². The van der Waals surface area contributed by atoms with Crippen LogP contribution in [0.4, 0.5) is 17.1 Å². The number of hydrogen-bond acceptors (Lipinski definition) is 7. The van der Waals surface area contributed by atoms with Crippen LogP contribution in [0.15, 0.2) is 71.6 Å². The maximum Gasteiger partial charge on any atom is 0.264 e. The molecule has 0 atom stereocenters. The fraction of sp³-hybridized carbons (Fsp3) is 0.269. The third-order valence-electron chi connectivity index (χ3n) is 5.87. The number of amides is 1. The Morgan fingerprint density at radius 1 is 0.973 bits per heavy atom. The standard InChI is InChI=1S/C26H28ClN3O6S/c1-34-24-12-11-23(17-25(24)35-2)37(32,33)30(22-7-3-19(27)4-8-22)18-26(31)28-20-5-9-21(10-6-20)29-13-15-36-16-14-29/h3-12,17H,13-16,18H2,1-2H3,(H,28,31). The molecule has 1 amide bonds. The first kappa shape index (κ1) is 26.6. The first-order valence-electron chi connectivity index (χ1n) is 11.5. The van der Waals surface area contributed by atoms with Gasteiger partial charge in [0.1, 0.15) is 6.54 Å². The molecule has 9 nitrogen and oxygen atoms in total. The molecule has 0 radical (unpaired) electrons. The van der Waals surface area contributed by atoms with Crippen LogP contribution in [0.1, 0.15) is 0 Å². The van der Waals surface area contributed by atoms with Gasteiger partial charge in [-0.05, 0) is 60.7 Å². The van der Waals surface area contributed by atoms with E-state index in [9.17, 15) is 13.2 Å². The third kappa shape index (κ3) is 6.27. The van der Waals surface area contributed by atoms with E-state index >= 15 is 0 Å². The predicted octanol–water partition coefficient (Wildman–Crippen LogP) is 4.03. The highest BCUT2D eigenvalue weighted by Gasteiger charge is 2.28. The van der Waals surface area contributed by atoms with Crippen LogP contribution in [-0.2, 0) is 19.6 Å². The monoisotopic (exact) mass is 545 g/mol. The van der Waals surface area contributed by atoms with E-state index in [2.05, 4.69) is 10.2 Å². The second-order valence-corrected chi connectivity index (χ2v) is 10.5. The number of hydrogen-bond donors (Lipinski definition) is 1. The topological polar surface area (TPSA) is 97.4 Å². The average Bonchev–Trinajstić information content (AvgIpc) is 2.92. The Morgan fingerprint density at radius 3 is 2.24 bits per heavy atom. The molecular weight excluding hydrogens is 518 g/mol. The van der Waals surface area contributed by atoms with E-state index in [-0.39, 0.29) is 16.3 Å². The van der Waals surface area contributed by atoms with Crippen molar-refractivity contribution >= 4 is 44.6 Å². The number of carbonyl (C=O) groups is 1. The minimum atomic E-state index is -4.16. The van der Waals surface area contributed by atoms with E-state index in [1.807, 2.05) is 12.1 Å². The van der Waals surface area contributed by atoms with Crippen molar-refractivity contribution in [1.82, 2.24) is 0 Å². The summed E-state index contributed by atoms with van der Waals surface area (Å²) in [5.41, 5.74) is 1.87. The summed E-state index contributed by atoms with van der Waals surface area (Å²) in [5.74, 6) is 0.139. The lowest BCUT2D eigenvalue weighted by atomic mass is 10.2. The highest BCUT2D eigenvalue weighted by atomic mass is 35.5. The van der Waals surface area contributed by atoms with Gasteiger partial charge < -0.3 is 24.4 Å². The van der Waals surface area contributed by atoms with E-state index in [4.69, 9.17) is 25.8 Å². The Balaban J connectivity index is 1.57. The Morgan fingerprint density at radius 2 is 1.62 bits per heavy atom. The number of benzene rings is 3. The number of nitrogens with zero attached hydrogens (tertiary/aromatic N) is 2. The van der Waals surface area contributed by atoms with Crippen LogP contribution in [0.3, 0.4) is 0 Å². The van der Waals surface area contributed by atoms with Crippen molar-refractivity contribution in [2.45, 2.75) is 4.90 Å². The lowest BCUT2D eigenvalue weighted by Gasteiger charge is -2.29. The predicted molar refractivity (Wildman–Crippen MR) is 144 cm³/mol. The van der Waals surface area contributed by atoms with Gasteiger partial charge in [-0.2, -0.15) is 0 Å². The second-order valence-electron chi connectivity index (χ2n) is 8.20. The lowest BCUT2D eigenvalue weighted by molar-refractivity contribution is -0.114. The van der Waals surface area contributed by atoms with Gasteiger partial charge >= 0.3 is 0 Å². The number of carbonyl (C=O) groups excluding carboxylic acids is 1. The fourth-order valence-electron chi connectivity index (χ4n) is 3.93. The Labute approximate surface area is 221 Å².